The summed E-state index contributed by atoms with van der Waals surface area (Å²) in [6.07, 6.45) is 4.08. The van der Waals surface area contributed by atoms with Gasteiger partial charge in [0, 0.05) is 44.0 Å². The zero-order valence-electron chi connectivity index (χ0n) is 17.1. The van der Waals surface area contributed by atoms with Crippen LogP contribution in [0.25, 0.3) is 0 Å². The Morgan fingerprint density at radius 2 is 1.69 bits per heavy atom. The van der Waals surface area contributed by atoms with Crippen LogP contribution < -0.4 is 10.2 Å². The molecule has 2 saturated heterocycles. The first-order chi connectivity index (χ1) is 14.1. The van der Waals surface area contributed by atoms with Gasteiger partial charge in [0.25, 0.3) is 0 Å². The molecule has 0 aliphatic carbocycles. The number of amides is 2. The number of nitrogens with one attached hydrogen (secondary N) is 1. The molecule has 0 bridgehead atoms. The lowest BCUT2D eigenvalue weighted by Gasteiger charge is -2.28. The van der Waals surface area contributed by atoms with Crippen LogP contribution in [0.15, 0.2) is 48.5 Å². The molecule has 2 aliphatic heterocycles. The molecular formula is C24H29N3O2. The minimum Gasteiger partial charge on any atom is -0.372 e. The van der Waals surface area contributed by atoms with E-state index in [0.717, 1.165) is 24.3 Å². The molecule has 5 heteroatoms. The Bertz CT molecular complexity index is 855. The Kier molecular flexibility index (Phi) is 5.84. The Morgan fingerprint density at radius 1 is 1.00 bits per heavy atom. The maximum absolute atomic E-state index is 12.7. The third kappa shape index (κ3) is 4.78. The number of nitrogens with zero attached hydrogens (tertiary/aromatic N) is 2. The van der Waals surface area contributed by atoms with E-state index in [1.54, 1.807) is 4.90 Å². The normalized spacial score (nSPS) is 19.5. The van der Waals surface area contributed by atoms with Crippen molar-refractivity contribution in [2.24, 2.45) is 5.92 Å². The molecule has 1 atom stereocenters. The molecule has 29 heavy (non-hydrogen) atoms. The van der Waals surface area contributed by atoms with Gasteiger partial charge in [0.1, 0.15) is 0 Å². The van der Waals surface area contributed by atoms with Gasteiger partial charge in [-0.3, -0.25) is 9.59 Å². The predicted octanol–water partition coefficient (Wildman–Crippen LogP) is 3.97. The highest BCUT2D eigenvalue weighted by Crippen LogP contribution is 2.24. The summed E-state index contributed by atoms with van der Waals surface area (Å²) in [5, 5.41) is 2.99. The molecule has 2 aliphatic rings. The second-order valence-corrected chi connectivity index (χ2v) is 8.24. The molecule has 2 aromatic rings. The summed E-state index contributed by atoms with van der Waals surface area (Å²) in [5.74, 6) is -0.323. The molecule has 2 amide bonds. The SMILES string of the molecule is Cc1ccc(CN2C[C@H](C(=O)Nc3ccc(N4CCCCC4)cc3)CC2=O)cc1. The van der Waals surface area contributed by atoms with Crippen molar-refractivity contribution in [1.29, 1.82) is 0 Å². The van der Waals surface area contributed by atoms with Crippen molar-refractivity contribution in [3.63, 3.8) is 0 Å². The average Bonchev–Trinajstić information content (AvgIpc) is 3.11. The zero-order chi connectivity index (χ0) is 20.2. The number of anilines is 2. The van der Waals surface area contributed by atoms with Crippen molar-refractivity contribution < 1.29 is 9.59 Å². The predicted molar refractivity (Wildman–Crippen MR) is 116 cm³/mol. The van der Waals surface area contributed by atoms with Crippen LogP contribution in [0.4, 0.5) is 11.4 Å². The summed E-state index contributed by atoms with van der Waals surface area (Å²) in [4.78, 5) is 29.2. The maximum atomic E-state index is 12.7. The van der Waals surface area contributed by atoms with Gasteiger partial charge >= 0.3 is 0 Å². The summed E-state index contributed by atoms with van der Waals surface area (Å²) in [7, 11) is 0. The molecule has 0 radical (unpaired) electrons. The minimum absolute atomic E-state index is 0.0474. The molecule has 0 aromatic heterocycles. The van der Waals surface area contributed by atoms with Gasteiger partial charge in [-0.1, -0.05) is 29.8 Å². The van der Waals surface area contributed by atoms with E-state index in [1.807, 2.05) is 43.3 Å². The van der Waals surface area contributed by atoms with Crippen molar-refractivity contribution in [3.8, 4) is 0 Å². The third-order valence-electron chi connectivity index (χ3n) is 5.94. The van der Waals surface area contributed by atoms with E-state index in [2.05, 4.69) is 22.3 Å². The standard InChI is InChI=1S/C24H29N3O2/c1-18-5-7-19(8-6-18)16-27-17-20(15-23(27)28)24(29)25-21-9-11-22(12-10-21)26-13-3-2-4-14-26/h5-12,20H,2-4,13-17H2,1H3,(H,25,29)/t20-/m1/s1. The fraction of sp³-hybridized carbons (Fsp3) is 0.417. The Morgan fingerprint density at radius 3 is 2.38 bits per heavy atom. The number of rotatable bonds is 5. The highest BCUT2D eigenvalue weighted by molar-refractivity contribution is 5.97. The highest BCUT2D eigenvalue weighted by Gasteiger charge is 2.34. The molecule has 1 N–H and O–H groups in total. The third-order valence-corrected chi connectivity index (χ3v) is 5.94. The fourth-order valence-corrected chi connectivity index (χ4v) is 4.17. The summed E-state index contributed by atoms with van der Waals surface area (Å²) in [6, 6.07) is 16.3. The molecule has 2 fully saturated rings. The van der Waals surface area contributed by atoms with E-state index in [1.165, 1.54) is 30.5 Å². The number of carbonyl (C=O) groups excluding carboxylic acids is 2. The van der Waals surface area contributed by atoms with Crippen LogP contribution in [0.3, 0.4) is 0 Å². The molecule has 4 rings (SSSR count). The van der Waals surface area contributed by atoms with Gasteiger partial charge in [0.15, 0.2) is 0 Å². The smallest absolute Gasteiger partial charge is 0.229 e. The van der Waals surface area contributed by atoms with Crippen molar-refractivity contribution in [2.45, 2.75) is 39.2 Å². The van der Waals surface area contributed by atoms with Crippen LogP contribution in [-0.2, 0) is 16.1 Å². The van der Waals surface area contributed by atoms with Crippen molar-refractivity contribution in [1.82, 2.24) is 4.90 Å². The lowest BCUT2D eigenvalue weighted by molar-refractivity contribution is -0.128. The quantitative estimate of drug-likeness (QED) is 0.839. The molecule has 0 spiro atoms. The second kappa shape index (κ2) is 8.68. The second-order valence-electron chi connectivity index (χ2n) is 8.24. The van der Waals surface area contributed by atoms with E-state index in [0.29, 0.717) is 13.1 Å². The van der Waals surface area contributed by atoms with Gasteiger partial charge in [-0.15, -0.1) is 0 Å². The summed E-state index contributed by atoms with van der Waals surface area (Å²) in [6.45, 7) is 5.29. The monoisotopic (exact) mass is 391 g/mol. The van der Waals surface area contributed by atoms with Gasteiger partial charge < -0.3 is 15.1 Å². The van der Waals surface area contributed by atoms with E-state index in [9.17, 15) is 9.59 Å². The topological polar surface area (TPSA) is 52.7 Å². The van der Waals surface area contributed by atoms with Crippen LogP contribution in [0.5, 0.6) is 0 Å². The van der Waals surface area contributed by atoms with Gasteiger partial charge in [-0.05, 0) is 56.0 Å². The van der Waals surface area contributed by atoms with E-state index >= 15 is 0 Å². The van der Waals surface area contributed by atoms with Crippen LogP contribution in [0.2, 0.25) is 0 Å². The first-order valence-corrected chi connectivity index (χ1v) is 10.6. The van der Waals surface area contributed by atoms with Crippen molar-refractivity contribution in [2.75, 3.05) is 29.9 Å². The van der Waals surface area contributed by atoms with Crippen molar-refractivity contribution in [3.05, 3.63) is 59.7 Å². The summed E-state index contributed by atoms with van der Waals surface area (Å²) < 4.78 is 0. The average molecular weight is 392 g/mol. The van der Waals surface area contributed by atoms with Crippen LogP contribution >= 0.6 is 0 Å². The molecule has 0 unspecified atom stereocenters. The number of carbonyl (C=O) groups is 2. The van der Waals surface area contributed by atoms with E-state index in [-0.39, 0.29) is 24.2 Å². The lowest BCUT2D eigenvalue weighted by Crippen LogP contribution is -2.29. The van der Waals surface area contributed by atoms with Crippen molar-refractivity contribution >= 4 is 23.2 Å². The largest absolute Gasteiger partial charge is 0.372 e. The molecule has 2 heterocycles. The number of hydrogen-bond acceptors (Lipinski definition) is 3. The van der Waals surface area contributed by atoms with E-state index < -0.39 is 0 Å². The van der Waals surface area contributed by atoms with Gasteiger partial charge in [0.05, 0.1) is 5.92 Å². The number of benzene rings is 2. The molecule has 0 saturated carbocycles. The Hall–Kier alpha value is -2.82. The van der Waals surface area contributed by atoms with Gasteiger partial charge in [0.2, 0.25) is 11.8 Å². The maximum Gasteiger partial charge on any atom is 0.229 e. The number of aryl methyl sites for hydroxylation is 1. The molecule has 152 valence electrons. The lowest BCUT2D eigenvalue weighted by atomic mass is 10.1. The number of likely N-dealkylation sites (tertiary alicyclic amines) is 1. The first-order valence-electron chi connectivity index (χ1n) is 10.6. The van der Waals surface area contributed by atoms with Crippen LogP contribution in [-0.4, -0.2) is 36.3 Å². The highest BCUT2D eigenvalue weighted by atomic mass is 16.2. The molecule has 2 aromatic carbocycles. The molecular weight excluding hydrogens is 362 g/mol. The van der Waals surface area contributed by atoms with Crippen LogP contribution in [0, 0.1) is 12.8 Å². The number of hydrogen-bond donors (Lipinski definition) is 1. The number of piperidine rings is 1. The zero-order valence-corrected chi connectivity index (χ0v) is 17.1. The minimum atomic E-state index is -0.297. The summed E-state index contributed by atoms with van der Waals surface area (Å²) >= 11 is 0. The fourth-order valence-electron chi connectivity index (χ4n) is 4.17. The van der Waals surface area contributed by atoms with Crippen LogP contribution in [0.1, 0.15) is 36.8 Å². The molecule has 5 nitrogen and oxygen atoms in total. The Balaban J connectivity index is 1.32. The first kappa shape index (κ1) is 19.5. The van der Waals surface area contributed by atoms with Gasteiger partial charge in [-0.25, -0.2) is 0 Å². The Labute approximate surface area is 172 Å². The van der Waals surface area contributed by atoms with E-state index in [4.69, 9.17) is 0 Å². The summed E-state index contributed by atoms with van der Waals surface area (Å²) in [5.41, 5.74) is 4.30. The van der Waals surface area contributed by atoms with Gasteiger partial charge in [-0.2, -0.15) is 0 Å².